The maximum Gasteiger partial charge on any atom is 0.494 e. The molecule has 0 amide bonds. The lowest BCUT2D eigenvalue weighted by molar-refractivity contribution is 0.00578. The molecule has 1 aliphatic heterocycles. The van der Waals surface area contributed by atoms with Crippen molar-refractivity contribution in [1.29, 1.82) is 0 Å². The molecule has 0 atom stereocenters. The molecule has 0 bridgehead atoms. The van der Waals surface area contributed by atoms with Crippen molar-refractivity contribution in [3.8, 4) is 22.3 Å². The van der Waals surface area contributed by atoms with Crippen molar-refractivity contribution in [2.24, 2.45) is 0 Å². The Morgan fingerprint density at radius 3 is 1.90 bits per heavy atom. The summed E-state index contributed by atoms with van der Waals surface area (Å²) < 4.78 is 12.5. The maximum absolute atomic E-state index is 6.23. The number of hydrogen-bond acceptors (Lipinski definition) is 2. The van der Waals surface area contributed by atoms with E-state index in [0.717, 1.165) is 5.46 Å². The fourth-order valence-electron chi connectivity index (χ4n) is 3.86. The summed E-state index contributed by atoms with van der Waals surface area (Å²) in [6, 6.07) is 23.8. The molecule has 0 saturated carbocycles. The van der Waals surface area contributed by atoms with Gasteiger partial charge in [-0.2, -0.15) is 0 Å². The van der Waals surface area contributed by atoms with E-state index in [0.29, 0.717) is 0 Å². The summed E-state index contributed by atoms with van der Waals surface area (Å²) in [5.74, 6) is 0. The molecule has 0 spiro atoms. The highest BCUT2D eigenvalue weighted by Gasteiger charge is 2.51. The van der Waals surface area contributed by atoms with E-state index in [1.807, 2.05) is 0 Å². The molecule has 1 aliphatic rings. The minimum Gasteiger partial charge on any atom is -0.399 e. The third kappa shape index (κ3) is 3.65. The highest BCUT2D eigenvalue weighted by Crippen LogP contribution is 2.37. The van der Waals surface area contributed by atoms with Crippen LogP contribution in [0.25, 0.3) is 22.3 Å². The molecule has 1 saturated heterocycles. The zero-order chi connectivity index (χ0) is 20.8. The van der Waals surface area contributed by atoms with Crippen LogP contribution < -0.4 is 5.46 Å². The van der Waals surface area contributed by atoms with Crippen LogP contribution in [-0.2, 0) is 9.31 Å². The van der Waals surface area contributed by atoms with Crippen molar-refractivity contribution in [1.82, 2.24) is 0 Å². The summed E-state index contributed by atoms with van der Waals surface area (Å²) in [4.78, 5) is 0. The molecule has 1 fully saturated rings. The number of rotatable bonds is 3. The van der Waals surface area contributed by atoms with Crippen LogP contribution in [0.15, 0.2) is 66.7 Å². The van der Waals surface area contributed by atoms with E-state index in [2.05, 4.69) is 108 Å². The standard InChI is InChI=1S/C26H29BO2/c1-18-10-7-8-13-23(18)24-15-14-21(16-19(24)2)20-11-9-12-22(17-20)27-28-25(3,4)26(5,6)29-27/h7-17H,1-6H3. The highest BCUT2D eigenvalue weighted by molar-refractivity contribution is 6.62. The average Bonchev–Trinajstić information content (AvgIpc) is 2.90. The summed E-state index contributed by atoms with van der Waals surface area (Å²) in [6.07, 6.45) is 0. The number of hydrogen-bond donors (Lipinski definition) is 0. The Labute approximate surface area is 175 Å². The van der Waals surface area contributed by atoms with E-state index in [-0.39, 0.29) is 18.3 Å². The van der Waals surface area contributed by atoms with Crippen LogP contribution in [0.3, 0.4) is 0 Å². The van der Waals surface area contributed by atoms with Gasteiger partial charge >= 0.3 is 7.12 Å². The van der Waals surface area contributed by atoms with Gasteiger partial charge in [0.2, 0.25) is 0 Å². The third-order valence-electron chi connectivity index (χ3n) is 6.41. The van der Waals surface area contributed by atoms with Crippen LogP contribution >= 0.6 is 0 Å². The SMILES string of the molecule is Cc1ccccc1-c1ccc(-c2cccc(B3OC(C)(C)C(C)(C)O3)c2)cc1C. The van der Waals surface area contributed by atoms with Gasteiger partial charge in [0.05, 0.1) is 11.2 Å². The van der Waals surface area contributed by atoms with Gasteiger partial charge in [0, 0.05) is 0 Å². The van der Waals surface area contributed by atoms with Gasteiger partial charge in [0.15, 0.2) is 0 Å². The average molecular weight is 384 g/mol. The van der Waals surface area contributed by atoms with Gasteiger partial charge in [-0.05, 0) is 80.4 Å². The van der Waals surface area contributed by atoms with Crippen LogP contribution in [0.1, 0.15) is 38.8 Å². The summed E-state index contributed by atoms with van der Waals surface area (Å²) >= 11 is 0. The molecule has 3 aromatic carbocycles. The molecule has 29 heavy (non-hydrogen) atoms. The van der Waals surface area contributed by atoms with Gasteiger partial charge in [0.1, 0.15) is 0 Å². The first-order valence-corrected chi connectivity index (χ1v) is 10.3. The van der Waals surface area contributed by atoms with Gasteiger partial charge in [0.25, 0.3) is 0 Å². The van der Waals surface area contributed by atoms with Crippen LogP contribution in [0, 0.1) is 13.8 Å². The molecular formula is C26H29BO2. The molecule has 0 aromatic heterocycles. The summed E-state index contributed by atoms with van der Waals surface area (Å²) in [7, 11) is -0.340. The smallest absolute Gasteiger partial charge is 0.399 e. The van der Waals surface area contributed by atoms with E-state index < -0.39 is 0 Å². The first-order chi connectivity index (χ1) is 13.7. The molecule has 1 heterocycles. The minimum atomic E-state index is -0.340. The zero-order valence-corrected chi connectivity index (χ0v) is 18.2. The zero-order valence-electron chi connectivity index (χ0n) is 18.2. The van der Waals surface area contributed by atoms with Crippen molar-refractivity contribution < 1.29 is 9.31 Å². The first-order valence-electron chi connectivity index (χ1n) is 10.3. The molecule has 3 aromatic rings. The monoisotopic (exact) mass is 384 g/mol. The lowest BCUT2D eigenvalue weighted by Gasteiger charge is -2.32. The van der Waals surface area contributed by atoms with E-state index in [4.69, 9.17) is 9.31 Å². The molecule has 0 N–H and O–H groups in total. The van der Waals surface area contributed by atoms with Crippen molar-refractivity contribution >= 4 is 12.6 Å². The molecule has 2 nitrogen and oxygen atoms in total. The van der Waals surface area contributed by atoms with E-state index in [9.17, 15) is 0 Å². The molecule has 0 aliphatic carbocycles. The Balaban J connectivity index is 1.66. The third-order valence-corrected chi connectivity index (χ3v) is 6.41. The summed E-state index contributed by atoms with van der Waals surface area (Å²) in [6.45, 7) is 12.7. The summed E-state index contributed by atoms with van der Waals surface area (Å²) in [5.41, 5.74) is 7.93. The predicted octanol–water partition coefficient (Wildman–Crippen LogP) is 5.94. The lowest BCUT2D eigenvalue weighted by atomic mass is 9.78. The molecule has 3 heteroatoms. The second kappa shape index (κ2) is 7.16. The molecule has 148 valence electrons. The normalized spacial score (nSPS) is 17.5. The number of benzene rings is 3. The van der Waals surface area contributed by atoms with Crippen LogP contribution in [0.4, 0.5) is 0 Å². The molecular weight excluding hydrogens is 355 g/mol. The van der Waals surface area contributed by atoms with E-state index in [1.54, 1.807) is 0 Å². The van der Waals surface area contributed by atoms with Crippen molar-refractivity contribution in [2.75, 3.05) is 0 Å². The Morgan fingerprint density at radius 1 is 0.621 bits per heavy atom. The minimum absolute atomic E-state index is 0.334. The van der Waals surface area contributed by atoms with Crippen molar-refractivity contribution in [3.63, 3.8) is 0 Å². The molecule has 0 radical (unpaired) electrons. The Morgan fingerprint density at radius 2 is 1.24 bits per heavy atom. The molecule has 4 rings (SSSR count). The second-order valence-electron chi connectivity index (χ2n) is 9.06. The van der Waals surface area contributed by atoms with Crippen LogP contribution in [0.5, 0.6) is 0 Å². The maximum atomic E-state index is 6.23. The van der Waals surface area contributed by atoms with Crippen LogP contribution in [-0.4, -0.2) is 18.3 Å². The van der Waals surface area contributed by atoms with Crippen LogP contribution in [0.2, 0.25) is 0 Å². The Hall–Kier alpha value is -2.36. The van der Waals surface area contributed by atoms with Gasteiger partial charge in [-0.1, -0.05) is 66.7 Å². The van der Waals surface area contributed by atoms with Gasteiger partial charge in [-0.15, -0.1) is 0 Å². The summed E-state index contributed by atoms with van der Waals surface area (Å²) in [5, 5.41) is 0. The Bertz CT molecular complexity index is 1040. The van der Waals surface area contributed by atoms with E-state index >= 15 is 0 Å². The second-order valence-corrected chi connectivity index (χ2v) is 9.06. The fourth-order valence-corrected chi connectivity index (χ4v) is 3.86. The van der Waals surface area contributed by atoms with Gasteiger partial charge < -0.3 is 9.31 Å². The first kappa shape index (κ1) is 19.9. The number of aryl methyl sites for hydroxylation is 2. The predicted molar refractivity (Wildman–Crippen MR) is 123 cm³/mol. The van der Waals surface area contributed by atoms with E-state index in [1.165, 1.54) is 33.4 Å². The quantitative estimate of drug-likeness (QED) is 0.521. The van der Waals surface area contributed by atoms with Gasteiger partial charge in [-0.3, -0.25) is 0 Å². The highest BCUT2D eigenvalue weighted by atomic mass is 16.7. The largest absolute Gasteiger partial charge is 0.494 e. The van der Waals surface area contributed by atoms with Gasteiger partial charge in [-0.25, -0.2) is 0 Å². The fraction of sp³-hybridized carbons (Fsp3) is 0.308. The van der Waals surface area contributed by atoms with Crippen molar-refractivity contribution in [3.05, 3.63) is 77.9 Å². The lowest BCUT2D eigenvalue weighted by Crippen LogP contribution is -2.41. The Kier molecular flexibility index (Phi) is 4.92. The molecule has 0 unspecified atom stereocenters. The topological polar surface area (TPSA) is 18.5 Å². The van der Waals surface area contributed by atoms with Crippen molar-refractivity contribution in [2.45, 2.75) is 52.7 Å².